The van der Waals surface area contributed by atoms with Crippen LogP contribution >= 0.6 is 12.2 Å². The molecule has 0 heterocycles. The van der Waals surface area contributed by atoms with Gasteiger partial charge < -0.3 is 15.2 Å². The van der Waals surface area contributed by atoms with Gasteiger partial charge in [-0.3, -0.25) is 10.2 Å². The molecule has 0 aromatic heterocycles. The van der Waals surface area contributed by atoms with Gasteiger partial charge >= 0.3 is 0 Å². The molecule has 0 aliphatic carbocycles. The highest BCUT2D eigenvalue weighted by Crippen LogP contribution is 2.27. The number of ether oxygens (including phenoxy) is 2. The summed E-state index contributed by atoms with van der Waals surface area (Å²) in [5.41, 5.74) is 7.88. The number of hydrazone groups is 1. The van der Waals surface area contributed by atoms with E-state index in [1.165, 1.54) is 14.2 Å². The number of hydrogen-bond acceptors (Lipinski definition) is 5. The van der Waals surface area contributed by atoms with E-state index in [9.17, 15) is 4.79 Å². The first-order valence-electron chi connectivity index (χ1n) is 4.93. The molecule has 1 aromatic carbocycles. The fourth-order valence-corrected chi connectivity index (χ4v) is 1.27. The van der Waals surface area contributed by atoms with E-state index in [-0.39, 0.29) is 10.9 Å². The van der Waals surface area contributed by atoms with Crippen molar-refractivity contribution in [1.82, 2.24) is 5.43 Å². The Morgan fingerprint density at radius 2 is 2.06 bits per heavy atom. The maximum Gasteiger partial charge on any atom is 0.205 e. The van der Waals surface area contributed by atoms with Gasteiger partial charge in [0, 0.05) is 5.56 Å². The fourth-order valence-electron chi connectivity index (χ4n) is 1.22. The number of nitrogens with zero attached hydrogens (tertiary/aromatic N) is 1. The van der Waals surface area contributed by atoms with Crippen LogP contribution in [0.15, 0.2) is 23.3 Å². The van der Waals surface area contributed by atoms with Crippen LogP contribution in [0.2, 0.25) is 0 Å². The molecule has 0 saturated heterocycles. The predicted octanol–water partition coefficient (Wildman–Crippen LogP) is 0.706. The topological polar surface area (TPSA) is 85.9 Å². The minimum atomic E-state index is -0.306. The molecule has 0 bridgehead atoms. The van der Waals surface area contributed by atoms with Crippen LogP contribution in [-0.2, 0) is 0 Å². The highest BCUT2D eigenvalue weighted by molar-refractivity contribution is 7.80. The number of carbonyl (C=O) groups is 1. The Morgan fingerprint density at radius 3 is 2.61 bits per heavy atom. The second kappa shape index (κ2) is 6.55. The number of ketones is 1. The third-order valence-electron chi connectivity index (χ3n) is 2.02. The zero-order valence-electron chi connectivity index (χ0n) is 9.97. The molecule has 0 unspecified atom stereocenters. The number of methoxy groups -OCH3 is 2. The Labute approximate surface area is 110 Å². The van der Waals surface area contributed by atoms with Gasteiger partial charge in [-0.15, -0.1) is 0 Å². The van der Waals surface area contributed by atoms with Crippen molar-refractivity contribution in [3.05, 3.63) is 23.8 Å². The SMILES string of the molecule is COc1ccc(C(=O)C=NNC(N)=S)cc1OC. The lowest BCUT2D eigenvalue weighted by atomic mass is 10.1. The van der Waals surface area contributed by atoms with Gasteiger partial charge in [0.15, 0.2) is 16.6 Å². The van der Waals surface area contributed by atoms with Crippen molar-refractivity contribution in [3.8, 4) is 11.5 Å². The van der Waals surface area contributed by atoms with Crippen LogP contribution in [0.4, 0.5) is 0 Å². The zero-order chi connectivity index (χ0) is 13.5. The van der Waals surface area contributed by atoms with Crippen LogP contribution in [0.25, 0.3) is 0 Å². The maximum absolute atomic E-state index is 11.7. The van der Waals surface area contributed by atoms with Crippen molar-refractivity contribution in [1.29, 1.82) is 0 Å². The van der Waals surface area contributed by atoms with Crippen molar-refractivity contribution >= 4 is 29.3 Å². The first kappa shape index (κ1) is 13.9. The predicted molar refractivity (Wildman–Crippen MR) is 72.3 cm³/mol. The average molecular weight is 267 g/mol. The summed E-state index contributed by atoms with van der Waals surface area (Å²) in [7, 11) is 3.02. The van der Waals surface area contributed by atoms with Gasteiger partial charge in [-0.2, -0.15) is 5.10 Å². The summed E-state index contributed by atoms with van der Waals surface area (Å²) in [6.07, 6.45) is 1.08. The van der Waals surface area contributed by atoms with E-state index in [0.29, 0.717) is 17.1 Å². The highest BCUT2D eigenvalue weighted by atomic mass is 32.1. The monoisotopic (exact) mass is 267 g/mol. The summed E-state index contributed by atoms with van der Waals surface area (Å²) in [6, 6.07) is 4.81. The molecule has 96 valence electrons. The lowest BCUT2D eigenvalue weighted by Gasteiger charge is -2.07. The number of hydrogen-bond donors (Lipinski definition) is 2. The van der Waals surface area contributed by atoms with E-state index in [2.05, 4.69) is 22.7 Å². The molecule has 7 heteroatoms. The second-order valence-corrected chi connectivity index (χ2v) is 3.61. The summed E-state index contributed by atoms with van der Waals surface area (Å²) in [4.78, 5) is 11.7. The summed E-state index contributed by atoms with van der Waals surface area (Å²) in [5, 5.41) is 3.57. The van der Waals surface area contributed by atoms with E-state index in [1.807, 2.05) is 0 Å². The maximum atomic E-state index is 11.7. The normalized spacial score (nSPS) is 10.1. The molecule has 0 aliphatic rings. The molecule has 0 fully saturated rings. The number of rotatable bonds is 5. The summed E-state index contributed by atoms with van der Waals surface area (Å²) >= 11 is 4.54. The first-order chi connectivity index (χ1) is 8.58. The number of Topliss-reactive ketones (excluding diaryl/α,β-unsaturated/α-hetero) is 1. The molecule has 0 spiro atoms. The molecule has 0 atom stereocenters. The molecular formula is C11H13N3O3S. The van der Waals surface area contributed by atoms with E-state index in [1.54, 1.807) is 18.2 Å². The number of carbonyl (C=O) groups excluding carboxylic acids is 1. The van der Waals surface area contributed by atoms with Gasteiger partial charge in [0.2, 0.25) is 5.78 Å². The Balaban J connectivity index is 2.86. The van der Waals surface area contributed by atoms with Crippen LogP contribution in [0, 0.1) is 0 Å². The first-order valence-corrected chi connectivity index (χ1v) is 5.34. The summed E-state index contributed by atoms with van der Waals surface area (Å²) < 4.78 is 10.2. The number of thiocarbonyl (C=S) groups is 1. The molecule has 1 aromatic rings. The van der Waals surface area contributed by atoms with E-state index in [4.69, 9.17) is 15.2 Å². The van der Waals surface area contributed by atoms with Crippen molar-refractivity contribution in [2.75, 3.05) is 14.2 Å². The van der Waals surface area contributed by atoms with Gasteiger partial charge in [0.25, 0.3) is 0 Å². The minimum absolute atomic E-state index is 0.00800. The third-order valence-corrected chi connectivity index (χ3v) is 2.12. The molecule has 0 aliphatic heterocycles. The molecular weight excluding hydrogens is 254 g/mol. The van der Waals surface area contributed by atoms with Gasteiger partial charge in [-0.1, -0.05) is 0 Å². The highest BCUT2D eigenvalue weighted by Gasteiger charge is 2.08. The number of nitrogens with two attached hydrogens (primary N) is 1. The molecule has 3 N–H and O–H groups in total. The van der Waals surface area contributed by atoms with Gasteiger partial charge in [0.05, 0.1) is 20.4 Å². The summed E-state index contributed by atoms with van der Waals surface area (Å²) in [6.45, 7) is 0. The molecule has 6 nitrogen and oxygen atoms in total. The lowest BCUT2D eigenvalue weighted by molar-refractivity contribution is 0.107. The molecule has 1 rings (SSSR count). The lowest BCUT2D eigenvalue weighted by Crippen LogP contribution is -2.24. The molecule has 18 heavy (non-hydrogen) atoms. The fraction of sp³-hybridized carbons (Fsp3) is 0.182. The van der Waals surface area contributed by atoms with Gasteiger partial charge in [-0.05, 0) is 30.4 Å². The number of benzene rings is 1. The van der Waals surface area contributed by atoms with E-state index >= 15 is 0 Å². The molecule has 0 amide bonds. The van der Waals surface area contributed by atoms with Crippen molar-refractivity contribution in [2.45, 2.75) is 0 Å². The Kier molecular flexibility index (Phi) is 5.06. The largest absolute Gasteiger partial charge is 0.493 e. The number of nitrogens with one attached hydrogen (secondary N) is 1. The third kappa shape index (κ3) is 3.70. The van der Waals surface area contributed by atoms with E-state index in [0.717, 1.165) is 6.21 Å². The van der Waals surface area contributed by atoms with Crippen molar-refractivity contribution in [3.63, 3.8) is 0 Å². The smallest absolute Gasteiger partial charge is 0.205 e. The average Bonchev–Trinajstić information content (AvgIpc) is 2.37. The van der Waals surface area contributed by atoms with Crippen molar-refractivity contribution < 1.29 is 14.3 Å². The van der Waals surface area contributed by atoms with Gasteiger partial charge in [0.1, 0.15) is 0 Å². The Morgan fingerprint density at radius 1 is 1.39 bits per heavy atom. The molecule has 0 saturated carbocycles. The van der Waals surface area contributed by atoms with Crippen LogP contribution in [-0.4, -0.2) is 31.3 Å². The van der Waals surface area contributed by atoms with Crippen LogP contribution in [0.3, 0.4) is 0 Å². The van der Waals surface area contributed by atoms with Crippen LogP contribution < -0.4 is 20.6 Å². The second-order valence-electron chi connectivity index (χ2n) is 3.17. The van der Waals surface area contributed by atoms with Gasteiger partial charge in [-0.25, -0.2) is 0 Å². The van der Waals surface area contributed by atoms with Crippen LogP contribution in [0.1, 0.15) is 10.4 Å². The Bertz CT molecular complexity index is 488. The standard InChI is InChI=1S/C11H13N3O3S/c1-16-9-4-3-7(5-10(9)17-2)8(15)6-13-14-11(12)18/h3-6H,1-2H3,(H3,12,14,18). The van der Waals surface area contributed by atoms with Crippen LogP contribution in [0.5, 0.6) is 11.5 Å². The minimum Gasteiger partial charge on any atom is -0.493 e. The van der Waals surface area contributed by atoms with Crippen molar-refractivity contribution in [2.24, 2.45) is 10.8 Å². The zero-order valence-corrected chi connectivity index (χ0v) is 10.8. The summed E-state index contributed by atoms with van der Waals surface area (Å²) in [5.74, 6) is 0.714. The Hall–Kier alpha value is -2.15. The quantitative estimate of drug-likeness (QED) is 0.353. The molecule has 0 radical (unpaired) electrons. The van der Waals surface area contributed by atoms with E-state index < -0.39 is 0 Å².